The van der Waals surface area contributed by atoms with Gasteiger partial charge in [-0.2, -0.15) is 13.2 Å². The number of nitrogens with zero attached hydrogens (tertiary/aromatic N) is 1. The lowest BCUT2D eigenvalue weighted by Gasteiger charge is -2.02. The van der Waals surface area contributed by atoms with Crippen molar-refractivity contribution in [2.45, 2.75) is 6.61 Å². The van der Waals surface area contributed by atoms with Gasteiger partial charge >= 0.3 is 6.61 Å². The maximum Gasteiger partial charge on any atom is 0.387 e. The Bertz CT molecular complexity index is 415. The summed E-state index contributed by atoms with van der Waals surface area (Å²) in [7, 11) is 0. The van der Waals surface area contributed by atoms with E-state index >= 15 is 0 Å². The maximum atomic E-state index is 11.8. The molecule has 13 heavy (non-hydrogen) atoms. The lowest BCUT2D eigenvalue weighted by molar-refractivity contribution is -0.0497. The number of aromatic nitrogens is 1. The van der Waals surface area contributed by atoms with Crippen molar-refractivity contribution in [3.63, 3.8) is 0 Å². The second kappa shape index (κ2) is 3.26. The average Bonchev–Trinajstić information content (AvgIpc) is 2.49. The fourth-order valence-corrected chi connectivity index (χ4v) is 1.69. The molecule has 0 atom stereocenters. The minimum atomic E-state index is -2.77. The highest BCUT2D eigenvalue weighted by molar-refractivity contribution is 7.13. The van der Waals surface area contributed by atoms with Gasteiger partial charge in [-0.05, 0) is 29.7 Å². The fraction of sp³-hybridized carbons (Fsp3) is 0.125. The van der Waals surface area contributed by atoms with E-state index in [9.17, 15) is 8.78 Å². The molecule has 0 radical (unpaired) electrons. The molecule has 5 heteroatoms. The van der Waals surface area contributed by atoms with Crippen LogP contribution in [0.15, 0.2) is 24.4 Å². The maximum absolute atomic E-state index is 11.8. The first kappa shape index (κ1) is 8.37. The molecule has 0 aliphatic rings. The van der Waals surface area contributed by atoms with Crippen LogP contribution in [0.5, 0.6) is 5.75 Å². The first-order chi connectivity index (χ1) is 6.25. The summed E-state index contributed by atoms with van der Waals surface area (Å²) in [5.74, 6) is 0.173. The highest BCUT2D eigenvalue weighted by Crippen LogP contribution is 2.24. The summed E-state index contributed by atoms with van der Waals surface area (Å²) in [5, 5.41) is 0.937. The van der Waals surface area contributed by atoms with Crippen molar-refractivity contribution in [1.29, 1.82) is 0 Å². The van der Waals surface area contributed by atoms with E-state index in [1.165, 1.54) is 17.6 Å². The SMILES string of the molecule is FC(F)Oc1ccc2cnsc2c1. The lowest BCUT2D eigenvalue weighted by Crippen LogP contribution is -2.01. The minimum Gasteiger partial charge on any atom is -0.435 e. The Balaban J connectivity index is 2.37. The molecule has 2 aromatic rings. The molecule has 1 heterocycles. The van der Waals surface area contributed by atoms with Gasteiger partial charge in [0.2, 0.25) is 0 Å². The molecule has 2 nitrogen and oxygen atoms in total. The largest absolute Gasteiger partial charge is 0.435 e. The van der Waals surface area contributed by atoms with Crippen molar-refractivity contribution in [3.8, 4) is 5.75 Å². The van der Waals surface area contributed by atoms with Crippen LogP contribution in [-0.4, -0.2) is 11.0 Å². The normalized spacial score (nSPS) is 11.0. The Labute approximate surface area is 76.9 Å². The third kappa shape index (κ3) is 1.75. The van der Waals surface area contributed by atoms with Gasteiger partial charge in [0.15, 0.2) is 0 Å². The van der Waals surface area contributed by atoms with Crippen LogP contribution in [0.25, 0.3) is 10.1 Å². The number of benzene rings is 1. The smallest absolute Gasteiger partial charge is 0.387 e. The van der Waals surface area contributed by atoms with E-state index in [4.69, 9.17) is 0 Å². The molecular weight excluding hydrogens is 196 g/mol. The summed E-state index contributed by atoms with van der Waals surface area (Å²) in [4.78, 5) is 0. The van der Waals surface area contributed by atoms with E-state index in [1.807, 2.05) is 0 Å². The number of halogens is 2. The molecular formula is C8H5F2NOS. The second-order valence-corrected chi connectivity index (χ2v) is 3.24. The van der Waals surface area contributed by atoms with E-state index in [0.29, 0.717) is 0 Å². The molecule has 1 aromatic carbocycles. The highest BCUT2D eigenvalue weighted by Gasteiger charge is 2.05. The number of hydrogen-bond donors (Lipinski definition) is 0. The number of alkyl halides is 2. The monoisotopic (exact) mass is 201 g/mol. The molecule has 0 aliphatic heterocycles. The molecule has 2 rings (SSSR count). The molecule has 0 unspecified atom stereocenters. The Morgan fingerprint density at radius 1 is 1.38 bits per heavy atom. The van der Waals surface area contributed by atoms with Crippen LogP contribution in [-0.2, 0) is 0 Å². The van der Waals surface area contributed by atoms with E-state index < -0.39 is 6.61 Å². The van der Waals surface area contributed by atoms with Crippen molar-refractivity contribution in [3.05, 3.63) is 24.4 Å². The zero-order valence-electron chi connectivity index (χ0n) is 6.41. The summed E-state index contributed by atoms with van der Waals surface area (Å²) in [6.07, 6.45) is 1.69. The van der Waals surface area contributed by atoms with Gasteiger partial charge in [-0.1, -0.05) is 0 Å². The molecule has 0 fully saturated rings. The predicted molar refractivity (Wildman–Crippen MR) is 46.3 cm³/mol. The first-order valence-corrected chi connectivity index (χ1v) is 4.32. The Hall–Kier alpha value is -1.23. The Kier molecular flexibility index (Phi) is 2.10. The highest BCUT2D eigenvalue weighted by atomic mass is 32.1. The van der Waals surface area contributed by atoms with Crippen LogP contribution >= 0.6 is 11.5 Å². The summed E-state index contributed by atoms with van der Waals surface area (Å²) in [6.45, 7) is -2.77. The first-order valence-electron chi connectivity index (χ1n) is 3.55. The molecule has 0 bridgehead atoms. The molecule has 0 saturated heterocycles. The van der Waals surface area contributed by atoms with E-state index in [0.717, 1.165) is 10.1 Å². The Morgan fingerprint density at radius 2 is 2.23 bits per heavy atom. The Morgan fingerprint density at radius 3 is 3.00 bits per heavy atom. The van der Waals surface area contributed by atoms with E-state index in [-0.39, 0.29) is 5.75 Å². The summed E-state index contributed by atoms with van der Waals surface area (Å²) in [6, 6.07) is 4.76. The molecule has 0 spiro atoms. The predicted octanol–water partition coefficient (Wildman–Crippen LogP) is 2.90. The quantitative estimate of drug-likeness (QED) is 0.745. The van der Waals surface area contributed by atoms with Crippen LogP contribution < -0.4 is 4.74 Å². The topological polar surface area (TPSA) is 22.1 Å². The zero-order chi connectivity index (χ0) is 9.26. The van der Waals surface area contributed by atoms with Gasteiger partial charge in [0.05, 0.1) is 4.70 Å². The summed E-state index contributed by atoms with van der Waals surface area (Å²) >= 11 is 1.25. The van der Waals surface area contributed by atoms with Crippen LogP contribution in [0.2, 0.25) is 0 Å². The number of fused-ring (bicyclic) bond motifs is 1. The zero-order valence-corrected chi connectivity index (χ0v) is 7.22. The van der Waals surface area contributed by atoms with Gasteiger partial charge in [-0.25, -0.2) is 0 Å². The molecule has 68 valence electrons. The lowest BCUT2D eigenvalue weighted by atomic mass is 10.3. The molecule has 0 N–H and O–H groups in total. The van der Waals surface area contributed by atoms with Crippen LogP contribution in [0.3, 0.4) is 0 Å². The van der Waals surface area contributed by atoms with Crippen molar-refractivity contribution in [1.82, 2.24) is 4.37 Å². The van der Waals surface area contributed by atoms with Gasteiger partial charge in [0.25, 0.3) is 0 Å². The van der Waals surface area contributed by atoms with Crippen molar-refractivity contribution < 1.29 is 13.5 Å². The van der Waals surface area contributed by atoms with Crippen molar-refractivity contribution in [2.24, 2.45) is 0 Å². The van der Waals surface area contributed by atoms with Crippen LogP contribution in [0.4, 0.5) is 8.78 Å². The fourth-order valence-electron chi connectivity index (χ4n) is 1.02. The number of rotatable bonds is 2. The van der Waals surface area contributed by atoms with Crippen molar-refractivity contribution >= 4 is 21.6 Å². The average molecular weight is 201 g/mol. The summed E-state index contributed by atoms with van der Waals surface area (Å²) in [5.41, 5.74) is 0. The van der Waals surface area contributed by atoms with E-state index in [1.54, 1.807) is 18.3 Å². The van der Waals surface area contributed by atoms with Crippen molar-refractivity contribution in [2.75, 3.05) is 0 Å². The molecule has 0 amide bonds. The molecule has 1 aromatic heterocycles. The van der Waals surface area contributed by atoms with Gasteiger partial charge < -0.3 is 4.74 Å². The van der Waals surface area contributed by atoms with Crippen LogP contribution in [0.1, 0.15) is 0 Å². The van der Waals surface area contributed by atoms with Gasteiger partial charge in [-0.15, -0.1) is 0 Å². The van der Waals surface area contributed by atoms with Gasteiger partial charge in [-0.3, -0.25) is 0 Å². The third-order valence-corrected chi connectivity index (χ3v) is 2.31. The number of ether oxygens (including phenoxy) is 1. The standard InChI is InChI=1S/C8H5F2NOS/c9-8(10)12-6-2-1-5-4-11-13-7(5)3-6/h1-4,8H. The van der Waals surface area contributed by atoms with Gasteiger partial charge in [0.1, 0.15) is 5.75 Å². The number of hydrogen-bond acceptors (Lipinski definition) is 3. The third-order valence-electron chi connectivity index (χ3n) is 1.55. The summed E-state index contributed by atoms with van der Waals surface area (Å²) < 4.78 is 32.6. The van der Waals surface area contributed by atoms with E-state index in [2.05, 4.69) is 9.11 Å². The minimum absolute atomic E-state index is 0.173. The second-order valence-electron chi connectivity index (χ2n) is 2.40. The van der Waals surface area contributed by atoms with Crippen LogP contribution in [0, 0.1) is 0 Å². The van der Waals surface area contributed by atoms with Gasteiger partial charge in [0, 0.05) is 11.6 Å². The molecule has 0 aliphatic carbocycles. The molecule has 0 saturated carbocycles.